The van der Waals surface area contributed by atoms with Gasteiger partial charge in [-0.15, -0.1) is 0 Å². The van der Waals surface area contributed by atoms with Crippen molar-refractivity contribution in [3.8, 4) is 0 Å². The molecule has 0 spiro atoms. The Balaban J connectivity index is 1.49. The molecule has 4 rings (SSSR count). The molecule has 1 aliphatic heterocycles. The van der Waals surface area contributed by atoms with E-state index in [0.29, 0.717) is 12.2 Å². The third-order valence-electron chi connectivity index (χ3n) is 6.70. The van der Waals surface area contributed by atoms with E-state index in [1.165, 1.54) is 11.1 Å². The Morgan fingerprint density at radius 2 is 1.66 bits per heavy atom. The number of rotatable bonds is 6. The first-order valence-electron chi connectivity index (χ1n) is 12.1. The molecule has 0 aliphatic carbocycles. The van der Waals surface area contributed by atoms with E-state index in [9.17, 15) is 9.59 Å². The number of nitrogens with one attached hydrogen (secondary N) is 2. The molecule has 0 bridgehead atoms. The van der Waals surface area contributed by atoms with Crippen LogP contribution in [0.2, 0.25) is 0 Å². The zero-order chi connectivity index (χ0) is 24.9. The van der Waals surface area contributed by atoms with Gasteiger partial charge in [0.25, 0.3) is 0 Å². The maximum Gasteiger partial charge on any atom is 0.313 e. The van der Waals surface area contributed by atoms with E-state index < -0.39 is 11.8 Å². The van der Waals surface area contributed by atoms with Gasteiger partial charge >= 0.3 is 11.8 Å². The number of hydrogen-bond donors (Lipinski definition) is 2. The number of aryl methyl sites for hydroxylation is 2. The van der Waals surface area contributed by atoms with Crippen LogP contribution in [0, 0.1) is 13.8 Å². The Morgan fingerprint density at radius 3 is 2.37 bits per heavy atom. The first-order valence-corrected chi connectivity index (χ1v) is 12.1. The number of anilines is 2. The van der Waals surface area contributed by atoms with E-state index >= 15 is 0 Å². The van der Waals surface area contributed by atoms with Crippen LogP contribution < -0.4 is 15.5 Å². The van der Waals surface area contributed by atoms with E-state index in [2.05, 4.69) is 69.0 Å². The van der Waals surface area contributed by atoms with Crippen LogP contribution >= 0.6 is 0 Å². The summed E-state index contributed by atoms with van der Waals surface area (Å²) < 4.78 is 0. The monoisotopic (exact) mass is 470 g/mol. The lowest BCUT2D eigenvalue weighted by Crippen LogP contribution is -2.43. The normalized spacial score (nSPS) is 14.1. The zero-order valence-corrected chi connectivity index (χ0v) is 21.0. The van der Waals surface area contributed by atoms with Gasteiger partial charge in [-0.05, 0) is 66.3 Å². The summed E-state index contributed by atoms with van der Waals surface area (Å²) in [4.78, 5) is 29.8. The Hall–Kier alpha value is -3.64. The van der Waals surface area contributed by atoms with Crippen LogP contribution in [-0.4, -0.2) is 43.9 Å². The number of nitrogens with zero attached hydrogens (tertiary/aromatic N) is 2. The van der Waals surface area contributed by atoms with Crippen LogP contribution in [0.5, 0.6) is 0 Å². The molecule has 6 nitrogen and oxygen atoms in total. The second-order valence-electron chi connectivity index (χ2n) is 9.47. The molecule has 1 aliphatic rings. The Labute approximate surface area is 207 Å². The molecule has 182 valence electrons. The highest BCUT2D eigenvalue weighted by molar-refractivity contribution is 6.39. The molecule has 0 aromatic heterocycles. The van der Waals surface area contributed by atoms with Gasteiger partial charge < -0.3 is 15.5 Å². The molecule has 3 aromatic rings. The van der Waals surface area contributed by atoms with Crippen LogP contribution in [0.3, 0.4) is 0 Å². The van der Waals surface area contributed by atoms with Gasteiger partial charge in [-0.2, -0.15) is 0 Å². The molecule has 2 N–H and O–H groups in total. The van der Waals surface area contributed by atoms with Crippen LogP contribution in [0.25, 0.3) is 0 Å². The van der Waals surface area contributed by atoms with Gasteiger partial charge in [0.15, 0.2) is 0 Å². The zero-order valence-electron chi connectivity index (χ0n) is 21.0. The largest absolute Gasteiger partial charge is 0.378 e. The summed E-state index contributed by atoms with van der Waals surface area (Å²) >= 11 is 0. The minimum Gasteiger partial charge on any atom is -0.378 e. The van der Waals surface area contributed by atoms with Gasteiger partial charge in [-0.1, -0.05) is 48.5 Å². The summed E-state index contributed by atoms with van der Waals surface area (Å²) in [6.45, 7) is 5.91. The van der Waals surface area contributed by atoms with Gasteiger partial charge in [0.05, 0.1) is 6.04 Å². The Kier molecular flexibility index (Phi) is 7.51. The summed E-state index contributed by atoms with van der Waals surface area (Å²) in [7, 11) is 4.03. The van der Waals surface area contributed by atoms with Crippen molar-refractivity contribution in [3.05, 3.63) is 94.5 Å². The van der Waals surface area contributed by atoms with Crippen LogP contribution in [0.4, 0.5) is 11.4 Å². The molecule has 0 saturated carbocycles. The first-order chi connectivity index (χ1) is 16.8. The van der Waals surface area contributed by atoms with Crippen molar-refractivity contribution in [2.24, 2.45) is 0 Å². The molecule has 0 fully saturated rings. The molecule has 3 aromatic carbocycles. The van der Waals surface area contributed by atoms with Gasteiger partial charge in [0.1, 0.15) is 0 Å². The average Bonchev–Trinajstić information content (AvgIpc) is 2.86. The molecule has 1 unspecified atom stereocenters. The second-order valence-corrected chi connectivity index (χ2v) is 9.47. The molecule has 6 heteroatoms. The highest BCUT2D eigenvalue weighted by Crippen LogP contribution is 2.29. The summed E-state index contributed by atoms with van der Waals surface area (Å²) in [5.74, 6) is -1.28. The molecular formula is C29H34N4O2. The van der Waals surface area contributed by atoms with Gasteiger partial charge in [-0.25, -0.2) is 0 Å². The predicted octanol–water partition coefficient (Wildman–Crippen LogP) is 4.22. The van der Waals surface area contributed by atoms with Gasteiger partial charge in [0.2, 0.25) is 0 Å². The Morgan fingerprint density at radius 1 is 0.943 bits per heavy atom. The standard InChI is InChI=1S/C29H34N4O2/c1-20-9-10-21(2)26(17-20)31-29(35)28(34)30-18-27(23-11-13-25(14-12-23)32(3)4)33-16-15-22-7-5-6-8-24(22)19-33/h5-14,17,27H,15-16,18-19H2,1-4H3,(H,30,34)(H,31,35). The topological polar surface area (TPSA) is 64.7 Å². The number of hydrogen-bond acceptors (Lipinski definition) is 4. The van der Waals surface area contributed by atoms with Gasteiger partial charge in [-0.3, -0.25) is 14.5 Å². The maximum atomic E-state index is 12.8. The van der Waals surface area contributed by atoms with E-state index in [1.807, 2.05) is 46.1 Å². The third-order valence-corrected chi connectivity index (χ3v) is 6.70. The highest BCUT2D eigenvalue weighted by atomic mass is 16.2. The summed E-state index contributed by atoms with van der Waals surface area (Å²) in [5, 5.41) is 5.65. The minimum atomic E-state index is -0.649. The molecule has 1 heterocycles. The van der Waals surface area contributed by atoms with E-state index in [1.54, 1.807) is 0 Å². The minimum absolute atomic E-state index is 0.0444. The molecule has 35 heavy (non-hydrogen) atoms. The first kappa shape index (κ1) is 24.5. The maximum absolute atomic E-state index is 12.8. The van der Waals surface area contributed by atoms with Crippen LogP contribution in [0.15, 0.2) is 66.7 Å². The van der Waals surface area contributed by atoms with Crippen molar-refractivity contribution in [1.29, 1.82) is 0 Å². The number of fused-ring (bicyclic) bond motifs is 1. The lowest BCUT2D eigenvalue weighted by Gasteiger charge is -2.36. The molecule has 0 saturated heterocycles. The van der Waals surface area contributed by atoms with Crippen LogP contribution in [0.1, 0.15) is 33.9 Å². The summed E-state index contributed by atoms with van der Waals surface area (Å²) in [6.07, 6.45) is 0.962. The number of benzene rings is 3. The lowest BCUT2D eigenvalue weighted by molar-refractivity contribution is -0.136. The van der Waals surface area contributed by atoms with Crippen molar-refractivity contribution >= 4 is 23.2 Å². The quantitative estimate of drug-likeness (QED) is 0.530. The predicted molar refractivity (Wildman–Crippen MR) is 142 cm³/mol. The van der Waals surface area contributed by atoms with E-state index in [4.69, 9.17) is 0 Å². The molecular weight excluding hydrogens is 436 g/mol. The highest BCUT2D eigenvalue weighted by Gasteiger charge is 2.26. The summed E-state index contributed by atoms with van der Waals surface area (Å²) in [5.41, 5.74) is 7.53. The van der Waals surface area contributed by atoms with Crippen molar-refractivity contribution in [3.63, 3.8) is 0 Å². The number of amides is 2. The fourth-order valence-corrected chi connectivity index (χ4v) is 4.56. The number of carbonyl (C=O) groups is 2. The Bertz CT molecular complexity index is 1200. The smallest absolute Gasteiger partial charge is 0.313 e. The fraction of sp³-hybridized carbons (Fsp3) is 0.310. The average molecular weight is 471 g/mol. The van der Waals surface area contributed by atoms with E-state index in [0.717, 1.165) is 41.9 Å². The van der Waals surface area contributed by atoms with Gasteiger partial charge in [0, 0.05) is 45.1 Å². The molecule has 2 amide bonds. The number of carbonyl (C=O) groups excluding carboxylic acids is 2. The molecule has 1 atom stereocenters. The second kappa shape index (κ2) is 10.7. The van der Waals surface area contributed by atoms with E-state index in [-0.39, 0.29) is 6.04 Å². The third kappa shape index (κ3) is 5.89. The van der Waals surface area contributed by atoms with Crippen molar-refractivity contribution < 1.29 is 9.59 Å². The molecule has 0 radical (unpaired) electrons. The van der Waals surface area contributed by atoms with Crippen molar-refractivity contribution in [2.45, 2.75) is 32.9 Å². The summed E-state index contributed by atoms with van der Waals surface area (Å²) in [6, 6.07) is 22.7. The van der Waals surface area contributed by atoms with Crippen molar-refractivity contribution in [1.82, 2.24) is 10.2 Å². The fourth-order valence-electron chi connectivity index (χ4n) is 4.56. The SMILES string of the molecule is Cc1ccc(C)c(NC(=O)C(=O)NCC(c2ccc(N(C)C)cc2)N2CCc3ccccc3C2)c1. The van der Waals surface area contributed by atoms with Crippen molar-refractivity contribution in [2.75, 3.05) is 37.4 Å². The van der Waals surface area contributed by atoms with Crippen LogP contribution in [-0.2, 0) is 22.6 Å². The lowest BCUT2D eigenvalue weighted by atomic mass is 9.96.